The molecule has 0 radical (unpaired) electrons. The maximum Gasteiger partial charge on any atom is 0.417 e. The van der Waals surface area contributed by atoms with Crippen LogP contribution in [-0.4, -0.2) is 44.3 Å². The summed E-state index contributed by atoms with van der Waals surface area (Å²) in [6.45, 7) is 2.12. The number of hydrogen-bond donors (Lipinski definition) is 1. The Labute approximate surface area is 240 Å². The van der Waals surface area contributed by atoms with E-state index in [-0.39, 0.29) is 10.5 Å². The molecule has 3 aromatic carbocycles. The molecule has 3 rings (SSSR count). The molecule has 3 aromatic rings. The molecule has 0 aromatic heterocycles. The van der Waals surface area contributed by atoms with Gasteiger partial charge in [0, 0.05) is 18.7 Å². The molecule has 1 unspecified atom stereocenters. The molecule has 13 heteroatoms. The fourth-order valence-electron chi connectivity index (χ4n) is 3.92. The van der Waals surface area contributed by atoms with Gasteiger partial charge in [0.2, 0.25) is 11.8 Å². The van der Waals surface area contributed by atoms with E-state index < -0.39 is 69.2 Å². The summed E-state index contributed by atoms with van der Waals surface area (Å²) in [7, 11) is -4.60. The predicted molar refractivity (Wildman–Crippen MR) is 147 cm³/mol. The van der Waals surface area contributed by atoms with Crippen molar-refractivity contribution in [3.8, 4) is 0 Å². The molecule has 1 atom stereocenters. The first-order valence-corrected chi connectivity index (χ1v) is 14.3. The molecule has 0 saturated carbocycles. The van der Waals surface area contributed by atoms with Gasteiger partial charge in [0.1, 0.15) is 18.4 Å². The lowest BCUT2D eigenvalue weighted by Crippen LogP contribution is -2.51. The first-order chi connectivity index (χ1) is 19.3. The number of amides is 2. The third-order valence-corrected chi connectivity index (χ3v) is 8.29. The molecule has 0 heterocycles. The van der Waals surface area contributed by atoms with Crippen molar-refractivity contribution in [1.29, 1.82) is 0 Å². The summed E-state index contributed by atoms with van der Waals surface area (Å²) < 4.78 is 83.5. The van der Waals surface area contributed by atoms with Gasteiger partial charge < -0.3 is 10.2 Å². The van der Waals surface area contributed by atoms with Crippen LogP contribution in [0.3, 0.4) is 0 Å². The van der Waals surface area contributed by atoms with Gasteiger partial charge in [0.05, 0.1) is 21.2 Å². The van der Waals surface area contributed by atoms with Crippen LogP contribution in [0.2, 0.25) is 5.02 Å². The van der Waals surface area contributed by atoms with Crippen LogP contribution in [0.4, 0.5) is 23.2 Å². The second-order valence-electron chi connectivity index (χ2n) is 9.07. The van der Waals surface area contributed by atoms with Crippen molar-refractivity contribution in [3.05, 3.63) is 94.8 Å². The molecule has 41 heavy (non-hydrogen) atoms. The quantitative estimate of drug-likeness (QED) is 0.284. The smallest absolute Gasteiger partial charge is 0.354 e. The standard InChI is InChI=1S/C28H28ClF4N3O4S/c1-3-15-34-27(38)19(2)35(17-20-9-7-8-12-25(20)30)26(37)18-36(41(39,40)22-10-5-4-6-11-22)21-13-14-24(29)23(16-21)28(31,32)33/h4-14,16,19H,3,15,17-18H2,1-2H3,(H,34,38). The highest BCUT2D eigenvalue weighted by Crippen LogP contribution is 2.38. The Morgan fingerprint density at radius 1 is 1.00 bits per heavy atom. The van der Waals surface area contributed by atoms with E-state index in [9.17, 15) is 35.6 Å². The van der Waals surface area contributed by atoms with E-state index in [1.54, 1.807) is 6.07 Å². The third kappa shape index (κ3) is 7.76. The number of halogens is 5. The van der Waals surface area contributed by atoms with E-state index in [4.69, 9.17) is 11.6 Å². The van der Waals surface area contributed by atoms with Crippen LogP contribution in [-0.2, 0) is 32.3 Å². The molecule has 2 amide bonds. The van der Waals surface area contributed by atoms with Crippen LogP contribution >= 0.6 is 11.6 Å². The van der Waals surface area contributed by atoms with Gasteiger partial charge in [-0.15, -0.1) is 0 Å². The lowest BCUT2D eigenvalue weighted by atomic mass is 10.1. The van der Waals surface area contributed by atoms with Crippen molar-refractivity contribution in [2.24, 2.45) is 0 Å². The Balaban J connectivity index is 2.11. The Morgan fingerprint density at radius 2 is 1.63 bits per heavy atom. The minimum Gasteiger partial charge on any atom is -0.354 e. The summed E-state index contributed by atoms with van der Waals surface area (Å²) in [5, 5.41) is 1.98. The van der Waals surface area contributed by atoms with Crippen molar-refractivity contribution in [2.45, 2.75) is 43.9 Å². The van der Waals surface area contributed by atoms with Crippen molar-refractivity contribution in [3.63, 3.8) is 0 Å². The highest BCUT2D eigenvalue weighted by Gasteiger charge is 2.37. The fourth-order valence-corrected chi connectivity index (χ4v) is 5.57. The van der Waals surface area contributed by atoms with Gasteiger partial charge in [-0.05, 0) is 49.7 Å². The van der Waals surface area contributed by atoms with Gasteiger partial charge >= 0.3 is 6.18 Å². The number of benzene rings is 3. The number of hydrogen-bond acceptors (Lipinski definition) is 4. The Hall–Kier alpha value is -3.64. The van der Waals surface area contributed by atoms with Crippen molar-refractivity contribution < 1.29 is 35.6 Å². The van der Waals surface area contributed by atoms with Crippen LogP contribution < -0.4 is 9.62 Å². The average molecular weight is 614 g/mol. The Bertz CT molecular complexity index is 1490. The number of alkyl halides is 3. The molecule has 0 aliphatic rings. The normalized spacial score (nSPS) is 12.5. The maximum absolute atomic E-state index is 14.5. The van der Waals surface area contributed by atoms with Gasteiger partial charge in [0.15, 0.2) is 0 Å². The van der Waals surface area contributed by atoms with Crippen molar-refractivity contribution >= 4 is 39.1 Å². The second kappa shape index (κ2) is 13.3. The molecule has 0 spiro atoms. The highest BCUT2D eigenvalue weighted by molar-refractivity contribution is 7.92. The molecular weight excluding hydrogens is 586 g/mol. The first kappa shape index (κ1) is 31.9. The summed E-state index contributed by atoms with van der Waals surface area (Å²) in [5.41, 5.74) is -1.72. The molecule has 0 saturated heterocycles. The maximum atomic E-state index is 14.5. The summed E-state index contributed by atoms with van der Waals surface area (Å²) in [5.74, 6) is -2.18. The first-order valence-electron chi connectivity index (χ1n) is 12.5. The SMILES string of the molecule is CCCNC(=O)C(C)N(Cc1ccccc1F)C(=O)CN(c1ccc(Cl)c(C(F)(F)F)c1)S(=O)(=O)c1ccccc1. The highest BCUT2D eigenvalue weighted by atomic mass is 35.5. The fraction of sp³-hybridized carbons (Fsp3) is 0.286. The largest absolute Gasteiger partial charge is 0.417 e. The summed E-state index contributed by atoms with van der Waals surface area (Å²) in [6, 6.07) is 13.7. The predicted octanol–water partition coefficient (Wildman–Crippen LogP) is 5.64. The molecule has 0 aliphatic carbocycles. The lowest BCUT2D eigenvalue weighted by molar-refractivity contribution is -0.139. The Kier molecular flexibility index (Phi) is 10.4. The molecule has 0 aliphatic heterocycles. The van der Waals surface area contributed by atoms with Crippen LogP contribution in [0.5, 0.6) is 0 Å². The monoisotopic (exact) mass is 613 g/mol. The molecule has 1 N–H and O–H groups in total. The van der Waals surface area contributed by atoms with Gasteiger partial charge in [-0.25, -0.2) is 12.8 Å². The number of carbonyl (C=O) groups excluding carboxylic acids is 2. The molecular formula is C28H28ClF4N3O4S. The molecule has 7 nitrogen and oxygen atoms in total. The van der Waals surface area contributed by atoms with E-state index in [1.807, 2.05) is 6.92 Å². The van der Waals surface area contributed by atoms with Gasteiger partial charge in [-0.1, -0.05) is 54.9 Å². The minimum absolute atomic E-state index is 0.0549. The van der Waals surface area contributed by atoms with Crippen molar-refractivity contribution in [1.82, 2.24) is 10.2 Å². The zero-order chi connectivity index (χ0) is 30.4. The summed E-state index contributed by atoms with van der Waals surface area (Å²) in [4.78, 5) is 27.3. The van der Waals surface area contributed by atoms with E-state index in [0.717, 1.165) is 17.0 Å². The zero-order valence-electron chi connectivity index (χ0n) is 22.2. The van der Waals surface area contributed by atoms with E-state index >= 15 is 0 Å². The summed E-state index contributed by atoms with van der Waals surface area (Å²) >= 11 is 5.75. The lowest BCUT2D eigenvalue weighted by Gasteiger charge is -2.32. The van der Waals surface area contributed by atoms with Crippen LogP contribution in [0.1, 0.15) is 31.4 Å². The second-order valence-corrected chi connectivity index (χ2v) is 11.3. The van der Waals surface area contributed by atoms with Crippen LogP contribution in [0.25, 0.3) is 0 Å². The van der Waals surface area contributed by atoms with Crippen LogP contribution in [0, 0.1) is 5.82 Å². The number of anilines is 1. The third-order valence-electron chi connectivity index (χ3n) is 6.17. The van der Waals surface area contributed by atoms with Gasteiger partial charge in [-0.3, -0.25) is 13.9 Å². The summed E-state index contributed by atoms with van der Waals surface area (Å²) in [6.07, 6.45) is -4.32. The molecule has 220 valence electrons. The number of nitrogens with one attached hydrogen (secondary N) is 1. The van der Waals surface area contributed by atoms with E-state index in [1.165, 1.54) is 55.5 Å². The van der Waals surface area contributed by atoms with E-state index in [0.29, 0.717) is 23.3 Å². The van der Waals surface area contributed by atoms with Gasteiger partial charge in [0.25, 0.3) is 10.0 Å². The average Bonchev–Trinajstić information content (AvgIpc) is 2.93. The number of nitrogens with zero attached hydrogens (tertiary/aromatic N) is 2. The zero-order valence-corrected chi connectivity index (χ0v) is 23.7. The topological polar surface area (TPSA) is 86.8 Å². The van der Waals surface area contributed by atoms with E-state index in [2.05, 4.69) is 5.32 Å². The number of sulfonamides is 1. The minimum atomic E-state index is -4.91. The Morgan fingerprint density at radius 3 is 2.24 bits per heavy atom. The molecule has 0 bridgehead atoms. The van der Waals surface area contributed by atoms with Crippen molar-refractivity contribution in [2.75, 3.05) is 17.4 Å². The number of carbonyl (C=O) groups is 2. The van der Waals surface area contributed by atoms with Gasteiger partial charge in [-0.2, -0.15) is 13.2 Å². The van der Waals surface area contributed by atoms with Crippen LogP contribution in [0.15, 0.2) is 77.7 Å². The molecule has 0 fully saturated rings. The number of rotatable bonds is 11.